The molecule has 0 spiro atoms. The number of para-hydroxylation sites is 1. The Balaban J connectivity index is 1.64. The van der Waals surface area contributed by atoms with Crippen molar-refractivity contribution in [3.63, 3.8) is 0 Å². The van der Waals surface area contributed by atoms with E-state index in [0.717, 1.165) is 39.9 Å². The maximum atomic E-state index is 11.1. The fourth-order valence-electron chi connectivity index (χ4n) is 3.45. The predicted octanol–water partition coefficient (Wildman–Crippen LogP) is 5.17. The van der Waals surface area contributed by atoms with Crippen LogP contribution in [0.4, 0.5) is 0 Å². The summed E-state index contributed by atoms with van der Waals surface area (Å²) in [6, 6.07) is 22.4. The van der Waals surface area contributed by atoms with Crippen LogP contribution in [0.3, 0.4) is 0 Å². The van der Waals surface area contributed by atoms with Crippen LogP contribution < -0.4 is 4.74 Å². The smallest absolute Gasteiger partial charge is 0.307 e. The predicted molar refractivity (Wildman–Crippen MR) is 115 cm³/mol. The first-order valence-corrected chi connectivity index (χ1v) is 10.1. The Morgan fingerprint density at radius 1 is 0.964 bits per heavy atom. The van der Waals surface area contributed by atoms with E-state index < -0.39 is 5.97 Å². The molecule has 1 aromatic heterocycles. The number of carboxylic acids is 1. The molecular weight excluding hydrogens is 370 g/mol. The molecule has 0 atom stereocenters. The van der Waals surface area contributed by atoms with Crippen molar-refractivity contribution in [2.45, 2.75) is 12.8 Å². The summed E-state index contributed by atoms with van der Waals surface area (Å²) in [6.07, 6.45) is 0.978. The zero-order valence-corrected chi connectivity index (χ0v) is 16.4. The molecule has 0 amide bonds. The lowest BCUT2D eigenvalue weighted by Crippen LogP contribution is -2.00. The highest BCUT2D eigenvalue weighted by atomic mass is 32.2. The van der Waals surface area contributed by atoms with Gasteiger partial charge in [0.1, 0.15) is 5.75 Å². The summed E-state index contributed by atoms with van der Waals surface area (Å²) < 4.78 is 7.45. The van der Waals surface area contributed by atoms with Gasteiger partial charge in [0.05, 0.1) is 24.6 Å². The molecule has 0 aliphatic heterocycles. The van der Waals surface area contributed by atoms with Crippen molar-refractivity contribution in [3.05, 3.63) is 77.9 Å². The van der Waals surface area contributed by atoms with Crippen molar-refractivity contribution in [1.29, 1.82) is 0 Å². The number of carboxylic acid groups (broad SMARTS) is 1. The van der Waals surface area contributed by atoms with E-state index in [1.54, 1.807) is 19.1 Å². The third-order valence-corrected chi connectivity index (χ3v) is 5.86. The second-order valence-corrected chi connectivity index (χ2v) is 7.70. The van der Waals surface area contributed by atoms with E-state index in [4.69, 9.17) is 9.84 Å². The minimum absolute atomic E-state index is 0.0357. The lowest BCUT2D eigenvalue weighted by atomic mass is 10.1. The van der Waals surface area contributed by atoms with E-state index in [2.05, 4.69) is 28.2 Å². The molecule has 0 fully saturated rings. The van der Waals surface area contributed by atoms with E-state index in [1.807, 2.05) is 42.5 Å². The number of benzene rings is 3. The Kier molecular flexibility index (Phi) is 5.26. The molecule has 0 unspecified atom stereocenters. The van der Waals surface area contributed by atoms with Crippen molar-refractivity contribution in [2.24, 2.45) is 0 Å². The van der Waals surface area contributed by atoms with Crippen molar-refractivity contribution in [1.82, 2.24) is 3.97 Å². The third kappa shape index (κ3) is 3.71. The van der Waals surface area contributed by atoms with E-state index in [9.17, 15) is 4.79 Å². The average Bonchev–Trinajstić information content (AvgIpc) is 3.01. The molecule has 0 aliphatic rings. The van der Waals surface area contributed by atoms with Gasteiger partial charge in [-0.2, -0.15) is 0 Å². The van der Waals surface area contributed by atoms with Crippen LogP contribution in [0.5, 0.6) is 5.75 Å². The number of rotatable bonds is 7. The molecule has 3 aromatic carbocycles. The Morgan fingerprint density at radius 3 is 2.43 bits per heavy atom. The monoisotopic (exact) mass is 391 g/mol. The molecule has 0 radical (unpaired) electrons. The highest BCUT2D eigenvalue weighted by molar-refractivity contribution is 7.98. The number of fused-ring (bicyclic) bond motifs is 3. The molecule has 28 heavy (non-hydrogen) atoms. The maximum Gasteiger partial charge on any atom is 0.307 e. The minimum atomic E-state index is -0.811. The number of hydrogen-bond acceptors (Lipinski definition) is 3. The van der Waals surface area contributed by atoms with Crippen molar-refractivity contribution < 1.29 is 14.6 Å². The summed E-state index contributed by atoms with van der Waals surface area (Å²) >= 11 is 1.76. The van der Waals surface area contributed by atoms with Gasteiger partial charge in [-0.3, -0.25) is 8.77 Å². The first-order valence-electron chi connectivity index (χ1n) is 9.16. The van der Waals surface area contributed by atoms with E-state index >= 15 is 0 Å². The molecule has 1 N–H and O–H groups in total. The molecule has 0 saturated carbocycles. The van der Waals surface area contributed by atoms with Crippen molar-refractivity contribution >= 4 is 39.7 Å². The van der Waals surface area contributed by atoms with Gasteiger partial charge in [0.25, 0.3) is 0 Å². The molecule has 4 nitrogen and oxygen atoms in total. The van der Waals surface area contributed by atoms with Crippen LogP contribution in [0.1, 0.15) is 11.1 Å². The quantitative estimate of drug-likeness (QED) is 0.472. The zero-order chi connectivity index (χ0) is 19.5. The molecular formula is C23H21NO3S. The standard InChI is InChI=1S/C23H21NO3S/c1-27-18-9-6-16(7-10-18)12-13-28-24-21-5-3-2-4-19(21)20-11-8-17(14-22(20)24)15-23(25)26/h2-11,14H,12-13,15H2,1H3,(H,25,26). The lowest BCUT2D eigenvalue weighted by Gasteiger charge is -2.08. The van der Waals surface area contributed by atoms with Gasteiger partial charge < -0.3 is 9.84 Å². The van der Waals surface area contributed by atoms with Gasteiger partial charge >= 0.3 is 5.97 Å². The number of hydrogen-bond donors (Lipinski definition) is 1. The number of aliphatic carboxylic acids is 1. The molecule has 0 aliphatic carbocycles. The highest BCUT2D eigenvalue weighted by Gasteiger charge is 2.12. The third-order valence-electron chi connectivity index (χ3n) is 4.82. The number of ether oxygens (including phenoxy) is 1. The Morgan fingerprint density at radius 2 is 1.68 bits per heavy atom. The van der Waals surface area contributed by atoms with Crippen molar-refractivity contribution in [3.8, 4) is 5.75 Å². The number of aryl methyl sites for hydroxylation is 1. The lowest BCUT2D eigenvalue weighted by molar-refractivity contribution is -0.136. The van der Waals surface area contributed by atoms with Crippen LogP contribution in [0, 0.1) is 0 Å². The van der Waals surface area contributed by atoms with Gasteiger partial charge in [-0.05, 0) is 53.8 Å². The fraction of sp³-hybridized carbons (Fsp3) is 0.174. The highest BCUT2D eigenvalue weighted by Crippen LogP contribution is 2.33. The minimum Gasteiger partial charge on any atom is -0.497 e. The van der Waals surface area contributed by atoms with Gasteiger partial charge in [0, 0.05) is 16.5 Å². The number of aromatic nitrogens is 1. The molecule has 1 heterocycles. The van der Waals surface area contributed by atoms with E-state index in [0.29, 0.717) is 0 Å². The fourth-order valence-corrected chi connectivity index (χ4v) is 4.55. The summed E-state index contributed by atoms with van der Waals surface area (Å²) in [5, 5.41) is 11.5. The number of carbonyl (C=O) groups is 1. The Labute approximate surface area is 167 Å². The van der Waals surface area contributed by atoms with Gasteiger partial charge in [0.15, 0.2) is 0 Å². The summed E-state index contributed by atoms with van der Waals surface area (Å²) in [5.41, 5.74) is 4.31. The molecule has 142 valence electrons. The SMILES string of the molecule is COc1ccc(CCSn2c3ccccc3c3ccc(CC(=O)O)cc32)cc1. The van der Waals surface area contributed by atoms with Crippen LogP contribution in [0.15, 0.2) is 66.7 Å². The second-order valence-electron chi connectivity index (χ2n) is 6.66. The topological polar surface area (TPSA) is 51.5 Å². The van der Waals surface area contributed by atoms with Crippen molar-refractivity contribution in [2.75, 3.05) is 12.9 Å². The summed E-state index contributed by atoms with van der Waals surface area (Å²) in [4.78, 5) is 11.1. The van der Waals surface area contributed by atoms with Gasteiger partial charge in [-0.25, -0.2) is 0 Å². The van der Waals surface area contributed by atoms with Gasteiger partial charge in [0.2, 0.25) is 0 Å². The van der Waals surface area contributed by atoms with Crippen LogP contribution in [0.25, 0.3) is 21.8 Å². The summed E-state index contributed by atoms with van der Waals surface area (Å²) in [7, 11) is 1.67. The number of methoxy groups -OCH3 is 1. The molecule has 4 rings (SSSR count). The second kappa shape index (κ2) is 7.98. The Hall–Kier alpha value is -2.92. The van der Waals surface area contributed by atoms with Gasteiger partial charge in [-0.1, -0.05) is 42.5 Å². The largest absolute Gasteiger partial charge is 0.497 e. The van der Waals surface area contributed by atoms with Crippen LogP contribution >= 0.6 is 11.9 Å². The molecule has 0 saturated heterocycles. The summed E-state index contributed by atoms with van der Waals surface area (Å²) in [6.45, 7) is 0. The van der Waals surface area contributed by atoms with Crippen LogP contribution in [-0.2, 0) is 17.6 Å². The molecule has 0 bridgehead atoms. The summed E-state index contributed by atoms with van der Waals surface area (Å²) in [5.74, 6) is 0.974. The first kappa shape index (κ1) is 18.4. The van der Waals surface area contributed by atoms with Crippen LogP contribution in [0.2, 0.25) is 0 Å². The van der Waals surface area contributed by atoms with E-state index in [-0.39, 0.29) is 6.42 Å². The average molecular weight is 391 g/mol. The normalized spacial score (nSPS) is 11.2. The van der Waals surface area contributed by atoms with Crippen LogP contribution in [-0.4, -0.2) is 27.9 Å². The van der Waals surface area contributed by atoms with E-state index in [1.165, 1.54) is 10.9 Å². The first-order chi connectivity index (χ1) is 13.7. The Bertz CT molecular complexity index is 1130. The molecule has 4 aromatic rings. The maximum absolute atomic E-state index is 11.1. The van der Waals surface area contributed by atoms with Gasteiger partial charge in [-0.15, -0.1) is 0 Å². The number of nitrogens with zero attached hydrogens (tertiary/aromatic N) is 1. The molecule has 5 heteroatoms. The zero-order valence-electron chi connectivity index (χ0n) is 15.6.